The van der Waals surface area contributed by atoms with Crippen LogP contribution in [0.2, 0.25) is 0 Å². The highest BCUT2D eigenvalue weighted by molar-refractivity contribution is 5.95. The van der Waals surface area contributed by atoms with Crippen molar-refractivity contribution >= 4 is 17.5 Å². The molecule has 0 aliphatic rings. The van der Waals surface area contributed by atoms with E-state index in [0.29, 0.717) is 0 Å². The molecule has 0 aliphatic carbocycles. The number of anilines is 1. The fourth-order valence-electron chi connectivity index (χ4n) is 1.75. The second-order valence-corrected chi connectivity index (χ2v) is 4.52. The molecule has 0 heterocycles. The van der Waals surface area contributed by atoms with Gasteiger partial charge in [-0.15, -0.1) is 0 Å². The Morgan fingerprint density at radius 3 is 2.45 bits per heavy atom. The minimum absolute atomic E-state index is 0.181. The molecule has 0 aromatic heterocycles. The first-order valence-electron chi connectivity index (χ1n) is 6.46. The van der Waals surface area contributed by atoms with Crippen LogP contribution in [0.3, 0.4) is 0 Å². The Morgan fingerprint density at radius 2 is 1.91 bits per heavy atom. The highest BCUT2D eigenvalue weighted by Gasteiger charge is 2.33. The zero-order valence-corrected chi connectivity index (χ0v) is 12.2. The lowest BCUT2D eigenvalue weighted by Crippen LogP contribution is -2.38. The maximum absolute atomic E-state index is 12.8. The van der Waals surface area contributed by atoms with Gasteiger partial charge < -0.3 is 15.0 Å². The van der Waals surface area contributed by atoms with Gasteiger partial charge in [0.2, 0.25) is 11.8 Å². The Balaban J connectivity index is 2.78. The van der Waals surface area contributed by atoms with Crippen LogP contribution in [-0.2, 0) is 20.5 Å². The first-order valence-corrected chi connectivity index (χ1v) is 6.46. The topological polar surface area (TPSA) is 58.6 Å². The lowest BCUT2D eigenvalue weighted by molar-refractivity contribution is -0.137. The molecule has 22 heavy (non-hydrogen) atoms. The number of nitrogens with one attached hydrogen (secondary N) is 1. The van der Waals surface area contributed by atoms with Crippen molar-refractivity contribution in [2.45, 2.75) is 13.1 Å². The summed E-state index contributed by atoms with van der Waals surface area (Å²) in [5.41, 5.74) is -1.27. The van der Waals surface area contributed by atoms with Gasteiger partial charge in [0, 0.05) is 20.6 Å². The van der Waals surface area contributed by atoms with Gasteiger partial charge >= 0.3 is 6.18 Å². The monoisotopic (exact) mass is 318 g/mol. The van der Waals surface area contributed by atoms with Crippen molar-refractivity contribution in [3.8, 4) is 0 Å². The van der Waals surface area contributed by atoms with Crippen LogP contribution >= 0.6 is 0 Å². The zero-order chi connectivity index (χ0) is 16.8. The Kier molecular flexibility index (Phi) is 6.36. The third kappa shape index (κ3) is 5.36. The molecule has 0 saturated heterocycles. The van der Waals surface area contributed by atoms with Crippen LogP contribution in [0.4, 0.5) is 18.9 Å². The summed E-state index contributed by atoms with van der Waals surface area (Å²) in [4.78, 5) is 24.4. The minimum atomic E-state index is -4.57. The maximum atomic E-state index is 12.8. The number of carbonyl (C=O) groups is 2. The second-order valence-electron chi connectivity index (χ2n) is 4.52. The van der Waals surface area contributed by atoms with Crippen molar-refractivity contribution in [1.29, 1.82) is 0 Å². The summed E-state index contributed by atoms with van der Waals surface area (Å²) in [5.74, 6) is -1.07. The first-order chi connectivity index (χ1) is 10.3. The quantitative estimate of drug-likeness (QED) is 0.874. The lowest BCUT2D eigenvalue weighted by atomic mass is 10.1. The van der Waals surface area contributed by atoms with E-state index in [9.17, 15) is 22.8 Å². The number of nitrogens with zero attached hydrogens (tertiary/aromatic N) is 1. The standard InChI is InChI=1S/C14H17F3N2O3/c1-10(20)19(7-8-22-2)9-13(21)18-12-6-4-3-5-11(12)14(15,16)17/h3-6H,7-9H2,1-2H3,(H,18,21). The molecule has 8 heteroatoms. The first kappa shape index (κ1) is 18.0. The average molecular weight is 318 g/mol. The molecular formula is C14H17F3N2O3. The molecule has 0 atom stereocenters. The van der Waals surface area contributed by atoms with E-state index in [1.54, 1.807) is 0 Å². The normalized spacial score (nSPS) is 11.1. The Morgan fingerprint density at radius 1 is 1.27 bits per heavy atom. The van der Waals surface area contributed by atoms with E-state index in [1.165, 1.54) is 31.1 Å². The number of para-hydroxylation sites is 1. The number of benzene rings is 1. The van der Waals surface area contributed by atoms with Crippen LogP contribution in [0.25, 0.3) is 0 Å². The summed E-state index contributed by atoms with van der Waals surface area (Å²) < 4.78 is 43.3. The minimum Gasteiger partial charge on any atom is -0.383 e. The van der Waals surface area contributed by atoms with Crippen molar-refractivity contribution in [1.82, 2.24) is 4.90 Å². The number of alkyl halides is 3. The van der Waals surface area contributed by atoms with Gasteiger partial charge in [0.25, 0.3) is 0 Å². The largest absolute Gasteiger partial charge is 0.418 e. The number of methoxy groups -OCH3 is 1. The van der Waals surface area contributed by atoms with Crippen LogP contribution in [0, 0.1) is 0 Å². The highest BCUT2D eigenvalue weighted by Crippen LogP contribution is 2.34. The number of rotatable bonds is 6. The molecule has 1 rings (SSSR count). The van der Waals surface area contributed by atoms with Gasteiger partial charge in [0.15, 0.2) is 0 Å². The SMILES string of the molecule is COCCN(CC(=O)Nc1ccccc1C(F)(F)F)C(C)=O. The summed E-state index contributed by atoms with van der Waals surface area (Å²) in [6.45, 7) is 1.34. The van der Waals surface area contributed by atoms with Crippen LogP contribution in [0.5, 0.6) is 0 Å². The van der Waals surface area contributed by atoms with Gasteiger partial charge in [-0.05, 0) is 12.1 Å². The molecule has 0 aliphatic heterocycles. The van der Waals surface area contributed by atoms with E-state index in [2.05, 4.69) is 5.32 Å². The maximum Gasteiger partial charge on any atom is 0.418 e. The summed E-state index contributed by atoms with van der Waals surface area (Å²) in [6.07, 6.45) is -4.57. The highest BCUT2D eigenvalue weighted by atomic mass is 19.4. The fourth-order valence-corrected chi connectivity index (χ4v) is 1.75. The smallest absolute Gasteiger partial charge is 0.383 e. The van der Waals surface area contributed by atoms with E-state index in [0.717, 1.165) is 12.1 Å². The van der Waals surface area contributed by atoms with E-state index >= 15 is 0 Å². The van der Waals surface area contributed by atoms with E-state index < -0.39 is 17.6 Å². The van der Waals surface area contributed by atoms with E-state index in [1.807, 2.05) is 0 Å². The number of amides is 2. The molecule has 0 radical (unpaired) electrons. The van der Waals surface area contributed by atoms with Crippen molar-refractivity contribution in [2.75, 3.05) is 32.1 Å². The van der Waals surface area contributed by atoms with Crippen molar-refractivity contribution in [2.24, 2.45) is 0 Å². The van der Waals surface area contributed by atoms with Gasteiger partial charge in [-0.2, -0.15) is 13.2 Å². The Bertz CT molecular complexity index is 532. The summed E-state index contributed by atoms with van der Waals surface area (Å²) in [5, 5.41) is 2.19. The van der Waals surface area contributed by atoms with Gasteiger partial charge in [-0.25, -0.2) is 0 Å². The molecule has 0 fully saturated rings. The number of hydrogen-bond donors (Lipinski definition) is 1. The average Bonchev–Trinajstić information content (AvgIpc) is 2.42. The van der Waals surface area contributed by atoms with E-state index in [-0.39, 0.29) is 31.3 Å². The molecular weight excluding hydrogens is 301 g/mol. The molecule has 2 amide bonds. The number of carbonyl (C=O) groups excluding carboxylic acids is 2. The predicted octanol–water partition coefficient (Wildman–Crippen LogP) is 2.14. The van der Waals surface area contributed by atoms with Crippen LogP contribution < -0.4 is 5.32 Å². The van der Waals surface area contributed by atoms with Crippen LogP contribution in [0.15, 0.2) is 24.3 Å². The Hall–Kier alpha value is -2.09. The second kappa shape index (κ2) is 7.79. The fraction of sp³-hybridized carbons (Fsp3) is 0.429. The predicted molar refractivity (Wildman–Crippen MR) is 74.2 cm³/mol. The lowest BCUT2D eigenvalue weighted by Gasteiger charge is -2.20. The number of halogens is 3. The van der Waals surface area contributed by atoms with Crippen LogP contribution in [-0.4, -0.2) is 43.5 Å². The Labute approximate surface area is 126 Å². The van der Waals surface area contributed by atoms with E-state index in [4.69, 9.17) is 4.74 Å². The van der Waals surface area contributed by atoms with Gasteiger partial charge in [0.1, 0.15) is 0 Å². The van der Waals surface area contributed by atoms with Crippen molar-refractivity contribution in [3.05, 3.63) is 29.8 Å². The summed E-state index contributed by atoms with van der Waals surface area (Å²) >= 11 is 0. The molecule has 1 N–H and O–H groups in total. The number of hydrogen-bond acceptors (Lipinski definition) is 3. The number of ether oxygens (including phenoxy) is 1. The molecule has 0 bridgehead atoms. The molecule has 0 spiro atoms. The van der Waals surface area contributed by atoms with Gasteiger partial charge in [0.05, 0.1) is 24.4 Å². The third-order valence-corrected chi connectivity index (χ3v) is 2.85. The van der Waals surface area contributed by atoms with Crippen molar-refractivity contribution in [3.63, 3.8) is 0 Å². The molecule has 1 aromatic carbocycles. The molecule has 122 valence electrons. The van der Waals surface area contributed by atoms with Gasteiger partial charge in [-0.3, -0.25) is 9.59 Å². The van der Waals surface area contributed by atoms with Gasteiger partial charge in [-0.1, -0.05) is 12.1 Å². The summed E-state index contributed by atoms with van der Waals surface area (Å²) in [7, 11) is 1.44. The molecule has 0 saturated carbocycles. The molecule has 0 unspecified atom stereocenters. The van der Waals surface area contributed by atoms with Crippen molar-refractivity contribution < 1.29 is 27.5 Å². The molecule has 5 nitrogen and oxygen atoms in total. The van der Waals surface area contributed by atoms with Crippen LogP contribution in [0.1, 0.15) is 12.5 Å². The zero-order valence-electron chi connectivity index (χ0n) is 12.2. The molecule has 1 aromatic rings. The third-order valence-electron chi connectivity index (χ3n) is 2.85. The summed E-state index contributed by atoms with van der Waals surface area (Å²) in [6, 6.07) is 4.66.